The smallest absolute Gasteiger partial charge is 0.324 e. The van der Waals surface area contributed by atoms with Gasteiger partial charge in [0.1, 0.15) is 17.7 Å². The van der Waals surface area contributed by atoms with Crippen molar-refractivity contribution in [2.75, 3.05) is 19.0 Å². The fraction of sp³-hybridized carbons (Fsp3) is 0.323. The third kappa shape index (κ3) is 6.83. The van der Waals surface area contributed by atoms with Gasteiger partial charge in [0.2, 0.25) is 11.8 Å². The Labute approximate surface area is 233 Å². The lowest BCUT2D eigenvalue weighted by Crippen LogP contribution is -2.42. The number of anilines is 1. The number of carbonyl (C=O) groups excluding carboxylic acids is 3. The molecule has 3 N–H and O–H groups in total. The molecule has 40 heavy (non-hydrogen) atoms. The van der Waals surface area contributed by atoms with Crippen LogP contribution >= 0.6 is 0 Å². The highest BCUT2D eigenvalue weighted by Gasteiger charge is 2.34. The Morgan fingerprint density at radius 1 is 0.875 bits per heavy atom. The van der Waals surface area contributed by atoms with Crippen molar-refractivity contribution in [3.8, 4) is 0 Å². The molecule has 210 valence electrons. The number of primary amides is 1. The Balaban J connectivity index is 1.51. The van der Waals surface area contributed by atoms with Gasteiger partial charge in [0.15, 0.2) is 0 Å². The molecule has 3 atom stereocenters. The van der Waals surface area contributed by atoms with Gasteiger partial charge >= 0.3 is 6.03 Å². The zero-order valence-electron chi connectivity index (χ0n) is 22.6. The topological polar surface area (TPSA) is 95.7 Å². The number of nitrogens with zero attached hydrogens (tertiary/aromatic N) is 2. The lowest BCUT2D eigenvalue weighted by molar-refractivity contribution is -0.131. The van der Waals surface area contributed by atoms with Gasteiger partial charge in [-0.3, -0.25) is 14.5 Å². The average molecular weight is 549 g/mol. The normalized spacial score (nSPS) is 17.5. The van der Waals surface area contributed by atoms with Crippen LogP contribution in [0.4, 0.5) is 19.3 Å². The summed E-state index contributed by atoms with van der Waals surface area (Å²) in [5.41, 5.74) is 8.46. The average Bonchev–Trinajstić information content (AvgIpc) is 2.95. The Hall–Kier alpha value is -4.27. The lowest BCUT2D eigenvalue weighted by atomic mass is 9.74. The number of nitrogens with two attached hydrogens (primary N) is 1. The minimum atomic E-state index is -1.05. The first-order valence-corrected chi connectivity index (χ1v) is 13.3. The monoisotopic (exact) mass is 548 g/mol. The first-order chi connectivity index (χ1) is 19.1. The van der Waals surface area contributed by atoms with Gasteiger partial charge in [0.25, 0.3) is 0 Å². The molecule has 0 saturated heterocycles. The van der Waals surface area contributed by atoms with Crippen LogP contribution in [0.3, 0.4) is 0 Å². The molecule has 0 bridgehead atoms. The minimum Gasteiger partial charge on any atom is -0.368 e. The van der Waals surface area contributed by atoms with Crippen LogP contribution in [-0.4, -0.2) is 36.8 Å². The van der Waals surface area contributed by atoms with Crippen LogP contribution in [0.2, 0.25) is 0 Å². The molecule has 0 heterocycles. The van der Waals surface area contributed by atoms with Crippen LogP contribution < -0.4 is 16.0 Å². The second kappa shape index (κ2) is 12.7. The van der Waals surface area contributed by atoms with E-state index < -0.39 is 17.8 Å². The molecule has 3 aromatic carbocycles. The first-order valence-electron chi connectivity index (χ1n) is 13.3. The zero-order chi connectivity index (χ0) is 28.8. The Bertz CT molecular complexity index is 1330. The van der Waals surface area contributed by atoms with E-state index >= 15 is 0 Å². The molecule has 0 aromatic heterocycles. The summed E-state index contributed by atoms with van der Waals surface area (Å²) in [6.07, 6.45) is 3.35. The highest BCUT2D eigenvalue weighted by molar-refractivity contribution is 5.91. The number of amides is 4. The third-order valence-electron chi connectivity index (χ3n) is 7.38. The zero-order valence-corrected chi connectivity index (χ0v) is 22.6. The molecule has 9 heteroatoms. The van der Waals surface area contributed by atoms with Crippen LogP contribution in [0.25, 0.3) is 0 Å². The summed E-state index contributed by atoms with van der Waals surface area (Å²) in [6.45, 7) is 0.287. The fourth-order valence-corrected chi connectivity index (χ4v) is 5.25. The molecule has 3 aromatic rings. The van der Waals surface area contributed by atoms with E-state index in [1.54, 1.807) is 31.1 Å². The van der Waals surface area contributed by atoms with E-state index in [9.17, 15) is 23.2 Å². The summed E-state index contributed by atoms with van der Waals surface area (Å²) in [4.78, 5) is 41.5. The summed E-state index contributed by atoms with van der Waals surface area (Å²) in [6, 6.07) is 17.7. The summed E-state index contributed by atoms with van der Waals surface area (Å²) in [5, 5.41) is 2.79. The Morgan fingerprint density at radius 3 is 2.02 bits per heavy atom. The van der Waals surface area contributed by atoms with Crippen LogP contribution in [0.15, 0.2) is 72.8 Å². The molecule has 4 rings (SSSR count). The fourth-order valence-electron chi connectivity index (χ4n) is 5.25. The van der Waals surface area contributed by atoms with Crippen molar-refractivity contribution in [2.24, 2.45) is 11.7 Å². The largest absolute Gasteiger partial charge is 0.368 e. The maximum Gasteiger partial charge on any atom is 0.324 e. The van der Waals surface area contributed by atoms with E-state index in [2.05, 4.69) is 5.32 Å². The van der Waals surface area contributed by atoms with Crippen LogP contribution in [-0.2, 0) is 16.1 Å². The third-order valence-corrected chi connectivity index (χ3v) is 7.38. The number of halogens is 2. The number of carbonyl (C=O) groups is 3. The second-order valence-corrected chi connectivity index (χ2v) is 10.4. The van der Waals surface area contributed by atoms with Crippen molar-refractivity contribution >= 4 is 23.5 Å². The molecule has 1 saturated carbocycles. The Kier molecular flexibility index (Phi) is 9.14. The minimum absolute atomic E-state index is 0.0545. The van der Waals surface area contributed by atoms with Crippen LogP contribution in [0.5, 0.6) is 0 Å². The molecule has 1 aliphatic carbocycles. The number of urea groups is 1. The molecule has 0 unspecified atom stereocenters. The van der Waals surface area contributed by atoms with Gasteiger partial charge in [-0.25, -0.2) is 13.6 Å². The quantitative estimate of drug-likeness (QED) is 0.402. The number of hydrogen-bond acceptors (Lipinski definition) is 3. The summed E-state index contributed by atoms with van der Waals surface area (Å²) < 4.78 is 26.9. The number of nitrogens with one attached hydrogen (secondary N) is 1. The van der Waals surface area contributed by atoms with E-state index in [0.29, 0.717) is 17.7 Å². The maximum atomic E-state index is 13.5. The summed E-state index contributed by atoms with van der Waals surface area (Å²) in [5.74, 6) is -2.21. The summed E-state index contributed by atoms with van der Waals surface area (Å²) >= 11 is 0. The van der Waals surface area contributed by atoms with Crippen molar-refractivity contribution in [3.05, 3.63) is 101 Å². The molecular weight excluding hydrogens is 514 g/mol. The van der Waals surface area contributed by atoms with Crippen molar-refractivity contribution in [2.45, 2.75) is 44.2 Å². The molecule has 0 aliphatic heterocycles. The van der Waals surface area contributed by atoms with Crippen molar-refractivity contribution < 1.29 is 23.2 Å². The predicted molar refractivity (Wildman–Crippen MR) is 149 cm³/mol. The van der Waals surface area contributed by atoms with Crippen molar-refractivity contribution in [1.29, 1.82) is 0 Å². The van der Waals surface area contributed by atoms with Gasteiger partial charge in [0.05, 0.1) is 6.54 Å². The van der Waals surface area contributed by atoms with Crippen molar-refractivity contribution in [3.63, 3.8) is 0 Å². The van der Waals surface area contributed by atoms with Crippen LogP contribution in [0, 0.1) is 17.6 Å². The highest BCUT2D eigenvalue weighted by atomic mass is 19.1. The molecule has 1 fully saturated rings. The molecule has 4 amide bonds. The first kappa shape index (κ1) is 28.7. The van der Waals surface area contributed by atoms with Gasteiger partial charge in [-0.2, -0.15) is 0 Å². The van der Waals surface area contributed by atoms with Gasteiger partial charge in [0, 0.05) is 25.7 Å². The molecule has 7 nitrogen and oxygen atoms in total. The molecular formula is C31H34F2N4O3. The van der Waals surface area contributed by atoms with E-state index in [4.69, 9.17) is 5.73 Å². The second-order valence-electron chi connectivity index (χ2n) is 10.4. The van der Waals surface area contributed by atoms with Gasteiger partial charge < -0.3 is 16.0 Å². The lowest BCUT2D eigenvalue weighted by Gasteiger charge is -2.32. The number of benzene rings is 3. The number of rotatable bonds is 8. The van der Waals surface area contributed by atoms with E-state index in [-0.39, 0.29) is 36.1 Å². The molecule has 0 radical (unpaired) electrons. The maximum absolute atomic E-state index is 13.5. The highest BCUT2D eigenvalue weighted by Crippen LogP contribution is 2.38. The number of hydrogen-bond donors (Lipinski definition) is 2. The summed E-state index contributed by atoms with van der Waals surface area (Å²) in [7, 11) is 3.32. The molecule has 0 spiro atoms. The van der Waals surface area contributed by atoms with Gasteiger partial charge in [-0.05, 0) is 71.8 Å². The Morgan fingerprint density at radius 2 is 1.45 bits per heavy atom. The predicted octanol–water partition coefficient (Wildman–Crippen LogP) is 5.27. The van der Waals surface area contributed by atoms with E-state index in [1.807, 2.05) is 24.3 Å². The molecule has 1 aliphatic rings. The van der Waals surface area contributed by atoms with Gasteiger partial charge in [-0.1, -0.05) is 49.2 Å². The standard InChI is InChI=1S/C31H34F2N4O3/c1-36(2)31(40)37(25-17-15-24(33)16-18-25)19-20-7-9-21(10-8-20)26-5-3-4-6-27(26)30(39)35-28(29(34)38)22-11-13-23(32)14-12-22/h7-18,26-28H,3-6,19H2,1-2H3,(H2,34,38)(H,35,39)/t26-,27+,28-/m0/s1. The van der Waals surface area contributed by atoms with E-state index in [0.717, 1.165) is 30.4 Å². The van der Waals surface area contributed by atoms with Gasteiger partial charge in [-0.15, -0.1) is 0 Å². The van der Waals surface area contributed by atoms with E-state index in [1.165, 1.54) is 41.3 Å². The van der Waals surface area contributed by atoms with Crippen LogP contribution in [0.1, 0.15) is 54.3 Å². The SMILES string of the molecule is CN(C)C(=O)N(Cc1ccc([C@@H]2CCCC[C@H]2C(=O)N[C@H](C(N)=O)c2ccc(F)cc2)cc1)c1ccc(F)cc1. The van der Waals surface area contributed by atoms with Crippen molar-refractivity contribution in [1.82, 2.24) is 10.2 Å².